The van der Waals surface area contributed by atoms with Gasteiger partial charge in [-0.3, -0.25) is 4.79 Å². The van der Waals surface area contributed by atoms with Crippen LogP contribution in [0.25, 0.3) is 0 Å². The average Bonchev–Trinajstić information content (AvgIpc) is 3.09. The summed E-state index contributed by atoms with van der Waals surface area (Å²) in [7, 11) is 0. The van der Waals surface area contributed by atoms with E-state index in [1.807, 2.05) is 0 Å². The van der Waals surface area contributed by atoms with Gasteiger partial charge >= 0.3 is 17.9 Å². The fourth-order valence-corrected chi connectivity index (χ4v) is 6.55. The Morgan fingerprint density at radius 1 is 0.347 bits per heavy atom. The highest BCUT2D eigenvalue weighted by atomic mass is 16.6. The van der Waals surface area contributed by atoms with Crippen molar-refractivity contribution in [2.45, 2.75) is 245 Å². The second-order valence-electron chi connectivity index (χ2n) is 14.7. The molecule has 288 valence electrons. The monoisotopic (exact) mass is 691 g/mol. The highest BCUT2D eigenvalue weighted by molar-refractivity contribution is 5.96. The maximum absolute atomic E-state index is 11.9. The summed E-state index contributed by atoms with van der Waals surface area (Å²) in [4.78, 5) is 35.6. The van der Waals surface area contributed by atoms with Gasteiger partial charge in [0.2, 0.25) is 0 Å². The maximum Gasteiger partial charge on any atom is 0.338 e. The summed E-state index contributed by atoms with van der Waals surface area (Å²) < 4.78 is 9.97. The van der Waals surface area contributed by atoms with Crippen LogP contribution in [0.2, 0.25) is 0 Å². The first-order chi connectivity index (χ1) is 24.1. The Balaban J connectivity index is 3.42. The van der Waals surface area contributed by atoms with Crippen LogP contribution in [0.15, 0.2) is 12.2 Å². The molecule has 0 aliphatic heterocycles. The Kier molecular flexibility index (Phi) is 39.4. The first-order valence-corrected chi connectivity index (χ1v) is 21.7. The first-order valence-electron chi connectivity index (χ1n) is 21.7. The molecule has 0 aliphatic rings. The van der Waals surface area contributed by atoms with Crippen LogP contribution in [0.1, 0.15) is 245 Å². The van der Waals surface area contributed by atoms with Gasteiger partial charge in [-0.05, 0) is 12.8 Å². The molecular weight excluding hydrogens is 608 g/mol. The van der Waals surface area contributed by atoms with E-state index in [2.05, 4.69) is 13.8 Å². The van der Waals surface area contributed by atoms with Gasteiger partial charge in [-0.15, -0.1) is 0 Å². The minimum atomic E-state index is -0.804. The van der Waals surface area contributed by atoms with Gasteiger partial charge in [0.25, 0.3) is 0 Å². The highest BCUT2D eigenvalue weighted by Crippen LogP contribution is 2.16. The second kappa shape index (κ2) is 40.8. The van der Waals surface area contributed by atoms with Crippen molar-refractivity contribution in [2.24, 2.45) is 0 Å². The van der Waals surface area contributed by atoms with Crippen LogP contribution in [-0.4, -0.2) is 24.5 Å². The van der Waals surface area contributed by atoms with Crippen LogP contribution >= 0.6 is 0 Å². The number of esters is 3. The molecule has 5 nitrogen and oxygen atoms in total. The first kappa shape index (κ1) is 47.4. The molecule has 0 N–H and O–H groups in total. The summed E-state index contributed by atoms with van der Waals surface area (Å²) in [6, 6.07) is 0. The third kappa shape index (κ3) is 40.7. The molecule has 0 aromatic rings. The Labute approximate surface area is 304 Å². The SMILES string of the molecule is CCCCCCCCCCCCCCCCCCCCCC(=O)OC(=O)/C=C/C(=O)OCCCCCCCCCCCCCCCCCC. The summed E-state index contributed by atoms with van der Waals surface area (Å²) in [5.41, 5.74) is 0. The molecule has 0 aromatic heterocycles. The lowest BCUT2D eigenvalue weighted by Crippen LogP contribution is -2.11. The maximum atomic E-state index is 11.9. The third-order valence-corrected chi connectivity index (χ3v) is 9.80. The van der Waals surface area contributed by atoms with Gasteiger partial charge in [0.1, 0.15) is 0 Å². The van der Waals surface area contributed by atoms with Gasteiger partial charge in [-0.1, -0.05) is 226 Å². The van der Waals surface area contributed by atoms with E-state index in [9.17, 15) is 14.4 Å². The minimum absolute atomic E-state index is 0.238. The van der Waals surface area contributed by atoms with Gasteiger partial charge in [0.05, 0.1) is 6.61 Å². The third-order valence-electron chi connectivity index (χ3n) is 9.80. The van der Waals surface area contributed by atoms with Crippen LogP contribution in [0.4, 0.5) is 0 Å². The van der Waals surface area contributed by atoms with Crippen LogP contribution in [0, 0.1) is 0 Å². The zero-order chi connectivity index (χ0) is 35.7. The molecule has 0 amide bonds. The molecule has 5 heteroatoms. The molecule has 0 fully saturated rings. The van der Waals surface area contributed by atoms with E-state index in [4.69, 9.17) is 9.47 Å². The Hall–Kier alpha value is -1.65. The van der Waals surface area contributed by atoms with Crippen LogP contribution in [0.5, 0.6) is 0 Å². The fraction of sp³-hybridized carbons (Fsp3) is 0.886. The van der Waals surface area contributed by atoms with Crippen molar-refractivity contribution in [3.63, 3.8) is 0 Å². The average molecular weight is 691 g/mol. The number of rotatable bonds is 39. The van der Waals surface area contributed by atoms with Crippen LogP contribution in [0.3, 0.4) is 0 Å². The summed E-state index contributed by atoms with van der Waals surface area (Å²) in [6.45, 7) is 4.91. The predicted octanol–water partition coefficient (Wildman–Crippen LogP) is 14.2. The smallest absolute Gasteiger partial charge is 0.338 e. The van der Waals surface area contributed by atoms with Crippen molar-refractivity contribution in [2.75, 3.05) is 6.61 Å². The number of unbranched alkanes of at least 4 members (excludes halogenated alkanes) is 33. The Morgan fingerprint density at radius 3 is 0.939 bits per heavy atom. The number of hydrogen-bond acceptors (Lipinski definition) is 5. The van der Waals surface area contributed by atoms with Crippen molar-refractivity contribution >= 4 is 17.9 Å². The molecule has 0 aromatic carbocycles. The van der Waals surface area contributed by atoms with Crippen molar-refractivity contribution in [1.82, 2.24) is 0 Å². The van der Waals surface area contributed by atoms with E-state index in [-0.39, 0.29) is 6.42 Å². The molecule has 0 atom stereocenters. The van der Waals surface area contributed by atoms with E-state index in [1.165, 1.54) is 193 Å². The van der Waals surface area contributed by atoms with Gasteiger partial charge in [-0.25, -0.2) is 9.59 Å². The van der Waals surface area contributed by atoms with E-state index < -0.39 is 17.9 Å². The largest absolute Gasteiger partial charge is 0.463 e. The van der Waals surface area contributed by atoms with Crippen LogP contribution in [-0.2, 0) is 23.9 Å². The molecule has 0 bridgehead atoms. The molecule has 0 saturated carbocycles. The topological polar surface area (TPSA) is 69.7 Å². The quantitative estimate of drug-likeness (QED) is 0.0278. The fourth-order valence-electron chi connectivity index (χ4n) is 6.55. The molecule has 0 aliphatic carbocycles. The lowest BCUT2D eigenvalue weighted by molar-refractivity contribution is -0.156. The molecule has 0 rings (SSSR count). The Morgan fingerprint density at radius 2 is 0.612 bits per heavy atom. The van der Waals surface area contributed by atoms with Gasteiger partial charge < -0.3 is 9.47 Å². The zero-order valence-electron chi connectivity index (χ0n) is 32.9. The summed E-state index contributed by atoms with van der Waals surface area (Å²) in [6.07, 6.45) is 47.9. The highest BCUT2D eigenvalue weighted by Gasteiger charge is 2.08. The number of carbonyl (C=O) groups excluding carboxylic acids is 3. The van der Waals surface area contributed by atoms with Crippen molar-refractivity contribution < 1.29 is 23.9 Å². The number of ether oxygens (including phenoxy) is 2. The van der Waals surface area contributed by atoms with Crippen LogP contribution < -0.4 is 0 Å². The standard InChI is InChI=1S/C44H82O5/c1-3-5-7-9-11-13-15-17-19-21-22-23-24-26-28-30-32-34-36-38-43(46)49-44(47)40-39-42(45)48-41-37-35-33-31-29-27-25-20-18-16-14-12-10-8-6-4-2/h39-40H,3-38,41H2,1-2H3/b40-39+. The number of hydrogen-bond donors (Lipinski definition) is 0. The van der Waals surface area contributed by atoms with E-state index in [0.717, 1.165) is 44.3 Å². The van der Waals surface area contributed by atoms with Gasteiger partial charge in [-0.2, -0.15) is 0 Å². The van der Waals surface area contributed by atoms with Gasteiger partial charge in [0, 0.05) is 18.6 Å². The van der Waals surface area contributed by atoms with E-state index >= 15 is 0 Å². The normalized spacial score (nSPS) is 11.4. The molecule has 49 heavy (non-hydrogen) atoms. The zero-order valence-corrected chi connectivity index (χ0v) is 32.9. The van der Waals surface area contributed by atoms with Crippen molar-refractivity contribution in [1.29, 1.82) is 0 Å². The molecule has 0 saturated heterocycles. The Bertz CT molecular complexity index is 746. The predicted molar refractivity (Wildman–Crippen MR) is 209 cm³/mol. The molecular formula is C44H82O5. The molecule has 0 unspecified atom stereocenters. The lowest BCUT2D eigenvalue weighted by atomic mass is 10.0. The summed E-state index contributed by atoms with van der Waals surface area (Å²) in [5.74, 6) is -1.89. The molecule has 0 radical (unpaired) electrons. The minimum Gasteiger partial charge on any atom is -0.463 e. The van der Waals surface area contributed by atoms with E-state index in [1.54, 1.807) is 0 Å². The summed E-state index contributed by atoms with van der Waals surface area (Å²) in [5, 5.41) is 0. The molecule has 0 spiro atoms. The molecule has 0 heterocycles. The number of carbonyl (C=O) groups is 3. The van der Waals surface area contributed by atoms with Gasteiger partial charge in [0.15, 0.2) is 0 Å². The lowest BCUT2D eigenvalue weighted by Gasteiger charge is -2.04. The van der Waals surface area contributed by atoms with Crippen molar-refractivity contribution in [3.8, 4) is 0 Å². The van der Waals surface area contributed by atoms with E-state index in [0.29, 0.717) is 6.61 Å². The van der Waals surface area contributed by atoms with Crippen molar-refractivity contribution in [3.05, 3.63) is 12.2 Å². The second-order valence-corrected chi connectivity index (χ2v) is 14.7. The summed E-state index contributed by atoms with van der Waals surface area (Å²) >= 11 is 0.